The van der Waals surface area contributed by atoms with E-state index in [4.69, 9.17) is 0 Å². The van der Waals surface area contributed by atoms with E-state index in [-0.39, 0.29) is 6.10 Å². The predicted molar refractivity (Wildman–Crippen MR) is 133 cm³/mol. The average Bonchev–Trinajstić information content (AvgIpc) is 3.08. The van der Waals surface area contributed by atoms with Crippen molar-refractivity contribution in [2.24, 2.45) is 52.3 Å². The number of allylic oxidation sites excluding steroid dienone is 3. The number of aliphatic hydroxyl groups excluding tert-OH is 1. The van der Waals surface area contributed by atoms with Gasteiger partial charge in [-0.15, -0.1) is 0 Å². The van der Waals surface area contributed by atoms with Crippen LogP contribution in [0.2, 0.25) is 0 Å². The van der Waals surface area contributed by atoms with Gasteiger partial charge in [-0.2, -0.15) is 0 Å². The van der Waals surface area contributed by atoms with Crippen LogP contribution in [-0.4, -0.2) is 11.2 Å². The topological polar surface area (TPSA) is 20.2 Å². The van der Waals surface area contributed by atoms with Crippen LogP contribution >= 0.6 is 0 Å². The number of hydrogen-bond acceptors (Lipinski definition) is 1. The molecule has 0 aromatic rings. The minimum Gasteiger partial charge on any atom is -0.389 e. The lowest BCUT2D eigenvalue weighted by molar-refractivity contribution is -0.0607. The molecule has 1 heteroatoms. The van der Waals surface area contributed by atoms with E-state index < -0.39 is 0 Å². The molecule has 0 spiro atoms. The SMILES string of the molecule is CC[C@H](/C=C/[C@@H](C)[C@H]1CC[C@H]2[C@@H]3CCC4=C(C)[C@@H](O)CC[C@]4(C)[C@H]3CC[C@]12C)C(C)C. The van der Waals surface area contributed by atoms with Crippen LogP contribution in [0.3, 0.4) is 0 Å². The molecule has 1 N–H and O–H groups in total. The molecule has 4 rings (SSSR count). The van der Waals surface area contributed by atoms with Gasteiger partial charge in [-0.3, -0.25) is 0 Å². The van der Waals surface area contributed by atoms with Gasteiger partial charge >= 0.3 is 0 Å². The summed E-state index contributed by atoms with van der Waals surface area (Å²) in [6.45, 7) is 17.1. The summed E-state index contributed by atoms with van der Waals surface area (Å²) in [5.41, 5.74) is 3.88. The molecule has 4 aliphatic rings. The van der Waals surface area contributed by atoms with Crippen LogP contribution in [0.15, 0.2) is 23.3 Å². The Morgan fingerprint density at radius 1 is 0.968 bits per heavy atom. The van der Waals surface area contributed by atoms with Crippen molar-refractivity contribution in [3.05, 3.63) is 23.3 Å². The standard InChI is InChI=1S/C30H50O/c1-8-22(19(2)3)10-9-20(4)24-13-14-26-23-11-12-25-21(5)28(31)16-18-30(25,7)27(23)15-17-29(24,26)6/h9-10,19-20,22-24,26-28,31H,8,11-18H2,1-7H3/b10-9+/t20-,22-,23+,24-,26+,27+,28+,29-,30+/m1/s1. The maximum atomic E-state index is 10.5. The van der Waals surface area contributed by atoms with Crippen molar-refractivity contribution in [2.45, 2.75) is 112 Å². The highest BCUT2D eigenvalue weighted by Gasteiger charge is 2.59. The zero-order valence-electron chi connectivity index (χ0n) is 21.6. The highest BCUT2D eigenvalue weighted by atomic mass is 16.3. The molecule has 0 unspecified atom stereocenters. The van der Waals surface area contributed by atoms with Gasteiger partial charge < -0.3 is 5.11 Å². The Kier molecular flexibility index (Phi) is 6.59. The first kappa shape index (κ1) is 23.6. The van der Waals surface area contributed by atoms with E-state index in [1.54, 1.807) is 5.57 Å². The molecule has 0 heterocycles. The summed E-state index contributed by atoms with van der Waals surface area (Å²) < 4.78 is 0. The van der Waals surface area contributed by atoms with Gasteiger partial charge in [0, 0.05) is 0 Å². The summed E-state index contributed by atoms with van der Waals surface area (Å²) in [5.74, 6) is 5.74. The van der Waals surface area contributed by atoms with Crippen molar-refractivity contribution in [3.8, 4) is 0 Å². The molecule has 0 aromatic heterocycles. The molecular weight excluding hydrogens is 376 g/mol. The van der Waals surface area contributed by atoms with Gasteiger partial charge in [-0.25, -0.2) is 0 Å². The Balaban J connectivity index is 1.54. The van der Waals surface area contributed by atoms with Crippen LogP contribution in [0.1, 0.15) is 106 Å². The van der Waals surface area contributed by atoms with Gasteiger partial charge in [-0.05, 0) is 123 Å². The van der Waals surface area contributed by atoms with Crippen molar-refractivity contribution >= 4 is 0 Å². The van der Waals surface area contributed by atoms with Crippen molar-refractivity contribution in [1.29, 1.82) is 0 Å². The Labute approximate surface area is 193 Å². The van der Waals surface area contributed by atoms with Crippen LogP contribution in [0.4, 0.5) is 0 Å². The molecule has 0 aromatic carbocycles. The van der Waals surface area contributed by atoms with Crippen LogP contribution < -0.4 is 0 Å². The van der Waals surface area contributed by atoms with Crippen LogP contribution in [0, 0.1) is 52.3 Å². The molecule has 176 valence electrons. The van der Waals surface area contributed by atoms with Gasteiger partial charge in [-0.1, -0.05) is 59.3 Å². The summed E-state index contributed by atoms with van der Waals surface area (Å²) in [4.78, 5) is 0. The maximum Gasteiger partial charge on any atom is 0.0750 e. The fraction of sp³-hybridized carbons (Fsp3) is 0.867. The molecule has 3 saturated carbocycles. The Bertz CT molecular complexity index is 716. The van der Waals surface area contributed by atoms with E-state index in [0.29, 0.717) is 16.7 Å². The number of rotatable bonds is 5. The quantitative estimate of drug-likeness (QED) is 0.439. The third kappa shape index (κ3) is 3.79. The Morgan fingerprint density at radius 2 is 1.71 bits per heavy atom. The molecule has 31 heavy (non-hydrogen) atoms. The molecule has 3 fully saturated rings. The predicted octanol–water partition coefficient (Wildman–Crippen LogP) is 8.19. The lowest BCUT2D eigenvalue weighted by Crippen LogP contribution is -2.51. The second-order valence-corrected chi connectivity index (χ2v) is 12.8. The van der Waals surface area contributed by atoms with Crippen LogP contribution in [0.5, 0.6) is 0 Å². The third-order valence-corrected chi connectivity index (χ3v) is 11.3. The lowest BCUT2D eigenvalue weighted by Gasteiger charge is -2.59. The van der Waals surface area contributed by atoms with Crippen LogP contribution in [0.25, 0.3) is 0 Å². The highest BCUT2D eigenvalue weighted by molar-refractivity contribution is 5.31. The van der Waals surface area contributed by atoms with Crippen molar-refractivity contribution < 1.29 is 5.11 Å². The van der Waals surface area contributed by atoms with Crippen molar-refractivity contribution in [3.63, 3.8) is 0 Å². The monoisotopic (exact) mass is 426 g/mol. The van der Waals surface area contributed by atoms with E-state index in [2.05, 4.69) is 60.6 Å². The number of hydrogen-bond donors (Lipinski definition) is 1. The third-order valence-electron chi connectivity index (χ3n) is 11.3. The minimum atomic E-state index is -0.172. The smallest absolute Gasteiger partial charge is 0.0750 e. The van der Waals surface area contributed by atoms with Gasteiger partial charge in [0.05, 0.1) is 6.10 Å². The molecule has 0 amide bonds. The van der Waals surface area contributed by atoms with Crippen molar-refractivity contribution in [2.75, 3.05) is 0 Å². The van der Waals surface area contributed by atoms with Gasteiger partial charge in [0.15, 0.2) is 0 Å². The van der Waals surface area contributed by atoms with E-state index in [1.165, 1.54) is 56.9 Å². The summed E-state index contributed by atoms with van der Waals surface area (Å²) in [6, 6.07) is 0. The molecule has 1 nitrogen and oxygen atoms in total. The normalized spacial score (nSPS) is 44.9. The van der Waals surface area contributed by atoms with E-state index in [1.807, 2.05) is 0 Å². The first-order chi connectivity index (χ1) is 14.6. The first-order valence-electron chi connectivity index (χ1n) is 13.7. The number of aliphatic hydroxyl groups is 1. The molecule has 4 aliphatic carbocycles. The van der Waals surface area contributed by atoms with E-state index in [0.717, 1.165) is 41.9 Å². The zero-order valence-corrected chi connectivity index (χ0v) is 21.6. The molecule has 0 radical (unpaired) electrons. The number of fused-ring (bicyclic) bond motifs is 5. The highest BCUT2D eigenvalue weighted by Crippen LogP contribution is 2.68. The van der Waals surface area contributed by atoms with Crippen LogP contribution in [-0.2, 0) is 0 Å². The zero-order chi connectivity index (χ0) is 22.6. The molecule has 9 atom stereocenters. The molecule has 0 saturated heterocycles. The lowest BCUT2D eigenvalue weighted by atomic mass is 9.46. The average molecular weight is 427 g/mol. The Hall–Kier alpha value is -0.560. The summed E-state index contributed by atoms with van der Waals surface area (Å²) in [6.07, 6.45) is 16.8. The molecular formula is C30H50O. The fourth-order valence-electron chi connectivity index (χ4n) is 9.33. The molecule has 0 aliphatic heterocycles. The maximum absolute atomic E-state index is 10.5. The van der Waals surface area contributed by atoms with E-state index in [9.17, 15) is 5.11 Å². The molecule has 0 bridgehead atoms. The summed E-state index contributed by atoms with van der Waals surface area (Å²) >= 11 is 0. The summed E-state index contributed by atoms with van der Waals surface area (Å²) in [7, 11) is 0. The summed E-state index contributed by atoms with van der Waals surface area (Å²) in [5, 5.41) is 10.5. The first-order valence-corrected chi connectivity index (χ1v) is 13.7. The fourth-order valence-corrected chi connectivity index (χ4v) is 9.33. The van der Waals surface area contributed by atoms with Crippen molar-refractivity contribution in [1.82, 2.24) is 0 Å². The van der Waals surface area contributed by atoms with Gasteiger partial charge in [0.25, 0.3) is 0 Å². The Morgan fingerprint density at radius 3 is 2.39 bits per heavy atom. The van der Waals surface area contributed by atoms with E-state index >= 15 is 0 Å². The second kappa shape index (κ2) is 8.66. The minimum absolute atomic E-state index is 0.172. The largest absolute Gasteiger partial charge is 0.389 e. The van der Waals surface area contributed by atoms with Gasteiger partial charge in [0.1, 0.15) is 0 Å². The second-order valence-electron chi connectivity index (χ2n) is 12.8. The van der Waals surface area contributed by atoms with Gasteiger partial charge in [0.2, 0.25) is 0 Å².